The molecule has 0 radical (unpaired) electrons. The third-order valence-corrected chi connectivity index (χ3v) is 5.41. The molecule has 1 atom stereocenters. The monoisotopic (exact) mass is 396 g/mol. The van der Waals surface area contributed by atoms with Gasteiger partial charge < -0.3 is 9.84 Å². The summed E-state index contributed by atoms with van der Waals surface area (Å²) >= 11 is 11.9. The quantitative estimate of drug-likeness (QED) is 0.737. The van der Waals surface area contributed by atoms with E-state index in [-0.39, 0.29) is 33.3 Å². The summed E-state index contributed by atoms with van der Waals surface area (Å²) in [5.74, 6) is -4.31. The van der Waals surface area contributed by atoms with Crippen molar-refractivity contribution in [3.63, 3.8) is 0 Å². The van der Waals surface area contributed by atoms with Crippen molar-refractivity contribution >= 4 is 34.7 Å². The SMILES string of the molecule is Cc1cc(C2=CC3(OC2)c2cc(Cl)cc(Cl)c2C3(F)F)ccc1C(=O)O. The summed E-state index contributed by atoms with van der Waals surface area (Å²) in [7, 11) is 0. The molecule has 2 aliphatic rings. The van der Waals surface area contributed by atoms with Crippen LogP contribution in [0.25, 0.3) is 5.57 Å². The number of benzene rings is 2. The number of hydrogen-bond acceptors (Lipinski definition) is 2. The fourth-order valence-corrected chi connectivity index (χ4v) is 4.22. The predicted molar refractivity (Wildman–Crippen MR) is 94.1 cm³/mol. The molecule has 0 aromatic heterocycles. The maximum absolute atomic E-state index is 14.8. The van der Waals surface area contributed by atoms with Gasteiger partial charge in [0.05, 0.1) is 17.2 Å². The minimum absolute atomic E-state index is 0.0228. The van der Waals surface area contributed by atoms with Gasteiger partial charge in [0.2, 0.25) is 0 Å². The zero-order chi connectivity index (χ0) is 18.9. The van der Waals surface area contributed by atoms with Gasteiger partial charge >= 0.3 is 11.9 Å². The van der Waals surface area contributed by atoms with Crippen LogP contribution in [0.5, 0.6) is 0 Å². The third kappa shape index (κ3) is 2.17. The van der Waals surface area contributed by atoms with Gasteiger partial charge in [0.25, 0.3) is 0 Å². The van der Waals surface area contributed by atoms with Gasteiger partial charge in [0.15, 0.2) is 5.60 Å². The van der Waals surface area contributed by atoms with Gasteiger partial charge in [0.1, 0.15) is 0 Å². The molecule has 1 spiro atoms. The Labute approximate surface area is 157 Å². The van der Waals surface area contributed by atoms with Crippen LogP contribution in [0, 0.1) is 6.92 Å². The van der Waals surface area contributed by atoms with E-state index < -0.39 is 17.5 Å². The molecular weight excluding hydrogens is 385 g/mol. The van der Waals surface area contributed by atoms with E-state index in [4.69, 9.17) is 33.0 Å². The molecule has 1 aliphatic carbocycles. The zero-order valence-corrected chi connectivity index (χ0v) is 15.0. The largest absolute Gasteiger partial charge is 0.478 e. The molecule has 134 valence electrons. The van der Waals surface area contributed by atoms with Crippen molar-refractivity contribution in [2.24, 2.45) is 0 Å². The van der Waals surface area contributed by atoms with Crippen LogP contribution in [0.4, 0.5) is 8.78 Å². The van der Waals surface area contributed by atoms with Gasteiger partial charge in [-0.05, 0) is 47.9 Å². The molecule has 0 saturated heterocycles. The van der Waals surface area contributed by atoms with Crippen molar-refractivity contribution in [1.29, 1.82) is 0 Å². The highest BCUT2D eigenvalue weighted by molar-refractivity contribution is 6.35. The molecule has 0 bridgehead atoms. The molecule has 1 unspecified atom stereocenters. The first-order valence-electron chi connectivity index (χ1n) is 7.75. The number of carbonyl (C=O) groups is 1. The smallest absolute Gasteiger partial charge is 0.335 e. The number of aromatic carboxylic acids is 1. The van der Waals surface area contributed by atoms with Crippen LogP contribution in [0.1, 0.15) is 32.6 Å². The van der Waals surface area contributed by atoms with Gasteiger partial charge in [0, 0.05) is 16.1 Å². The first kappa shape index (κ1) is 17.5. The molecule has 0 amide bonds. The lowest BCUT2D eigenvalue weighted by atomic mass is 9.69. The second-order valence-electron chi connectivity index (χ2n) is 6.41. The van der Waals surface area contributed by atoms with Crippen LogP contribution in [-0.4, -0.2) is 17.7 Å². The maximum atomic E-state index is 14.8. The Bertz CT molecular complexity index is 1000. The Balaban J connectivity index is 1.81. The van der Waals surface area contributed by atoms with E-state index in [1.54, 1.807) is 19.1 Å². The molecule has 26 heavy (non-hydrogen) atoms. The van der Waals surface area contributed by atoms with Crippen LogP contribution >= 0.6 is 23.2 Å². The number of hydrogen-bond donors (Lipinski definition) is 1. The summed E-state index contributed by atoms with van der Waals surface area (Å²) < 4.78 is 35.2. The van der Waals surface area contributed by atoms with Gasteiger partial charge in [-0.25, -0.2) is 4.79 Å². The summed E-state index contributed by atoms with van der Waals surface area (Å²) in [5.41, 5.74) is 0.0103. The van der Waals surface area contributed by atoms with Gasteiger partial charge in [-0.3, -0.25) is 0 Å². The highest BCUT2D eigenvalue weighted by Crippen LogP contribution is 2.64. The molecule has 7 heteroatoms. The second-order valence-corrected chi connectivity index (χ2v) is 7.26. The minimum atomic E-state index is -3.28. The van der Waals surface area contributed by atoms with Crippen molar-refractivity contribution in [3.8, 4) is 0 Å². The van der Waals surface area contributed by atoms with Crippen LogP contribution in [0.3, 0.4) is 0 Å². The highest BCUT2D eigenvalue weighted by atomic mass is 35.5. The number of carboxylic acid groups (broad SMARTS) is 1. The van der Waals surface area contributed by atoms with Crippen LogP contribution in [0.15, 0.2) is 36.4 Å². The Hall–Kier alpha value is -1.95. The van der Waals surface area contributed by atoms with Crippen molar-refractivity contribution < 1.29 is 23.4 Å². The van der Waals surface area contributed by atoms with E-state index in [2.05, 4.69) is 0 Å². The van der Waals surface area contributed by atoms with E-state index in [1.165, 1.54) is 24.3 Å². The summed E-state index contributed by atoms with van der Waals surface area (Å²) in [4.78, 5) is 11.1. The standard InChI is InChI=1S/C19H12Cl2F2O3/c1-9-4-10(2-3-13(9)17(24)25)11-7-18(26-8-11)14-5-12(20)6-15(21)16(14)19(18,22)23/h2-7H,8H2,1H3,(H,24,25). The van der Waals surface area contributed by atoms with Crippen molar-refractivity contribution in [3.05, 3.63) is 74.3 Å². The molecule has 0 saturated carbocycles. The number of alkyl halides is 2. The fraction of sp³-hybridized carbons (Fsp3) is 0.211. The first-order chi connectivity index (χ1) is 12.2. The van der Waals surface area contributed by atoms with Crippen LogP contribution in [0.2, 0.25) is 10.0 Å². The van der Waals surface area contributed by atoms with Gasteiger partial charge in [-0.15, -0.1) is 0 Å². The predicted octanol–water partition coefficient (Wildman–Crippen LogP) is 5.41. The highest BCUT2D eigenvalue weighted by Gasteiger charge is 2.69. The van der Waals surface area contributed by atoms with Crippen LogP contribution < -0.4 is 0 Å². The Morgan fingerprint density at radius 3 is 2.62 bits per heavy atom. The molecule has 2 aromatic rings. The molecule has 1 N–H and O–H groups in total. The Morgan fingerprint density at radius 2 is 1.96 bits per heavy atom. The van der Waals surface area contributed by atoms with Gasteiger partial charge in [-0.1, -0.05) is 35.3 Å². The molecule has 2 aromatic carbocycles. The lowest BCUT2D eigenvalue weighted by Crippen LogP contribution is -2.52. The summed E-state index contributed by atoms with van der Waals surface area (Å²) in [6.07, 6.45) is 1.39. The second kappa shape index (κ2) is 5.52. The van der Waals surface area contributed by atoms with E-state index in [0.717, 1.165) is 0 Å². The number of fused-ring (bicyclic) bond motifs is 2. The number of aryl methyl sites for hydroxylation is 1. The normalized spacial score (nSPS) is 22.7. The summed E-state index contributed by atoms with van der Waals surface area (Å²) in [6, 6.07) is 7.43. The number of halogens is 4. The summed E-state index contributed by atoms with van der Waals surface area (Å²) in [5, 5.41) is 9.29. The molecule has 0 fully saturated rings. The topological polar surface area (TPSA) is 46.5 Å². The zero-order valence-electron chi connectivity index (χ0n) is 13.4. The molecule has 4 rings (SSSR count). The van der Waals surface area contributed by atoms with Gasteiger partial charge in [-0.2, -0.15) is 8.78 Å². The number of ether oxygens (including phenoxy) is 1. The molecule has 3 nitrogen and oxygen atoms in total. The molecule has 1 aliphatic heterocycles. The third-order valence-electron chi connectivity index (χ3n) is 4.90. The average molecular weight is 397 g/mol. The van der Waals surface area contributed by atoms with Crippen LogP contribution in [-0.2, 0) is 16.3 Å². The first-order valence-corrected chi connectivity index (χ1v) is 8.51. The minimum Gasteiger partial charge on any atom is -0.478 e. The van der Waals surface area contributed by atoms with Crippen molar-refractivity contribution in [2.75, 3.05) is 6.61 Å². The summed E-state index contributed by atoms with van der Waals surface area (Å²) in [6.45, 7) is 1.64. The molecule has 1 heterocycles. The maximum Gasteiger partial charge on any atom is 0.335 e. The molecular formula is C19H12Cl2F2O3. The Morgan fingerprint density at radius 1 is 1.23 bits per heavy atom. The van der Waals surface area contributed by atoms with E-state index in [9.17, 15) is 13.6 Å². The van der Waals surface area contributed by atoms with E-state index >= 15 is 0 Å². The van der Waals surface area contributed by atoms with Crippen molar-refractivity contribution in [1.82, 2.24) is 0 Å². The lowest BCUT2D eigenvalue weighted by Gasteiger charge is -2.46. The Kier molecular flexibility index (Phi) is 3.71. The number of carboxylic acids is 1. The van der Waals surface area contributed by atoms with E-state index in [0.29, 0.717) is 16.7 Å². The fourth-order valence-electron chi connectivity index (χ4n) is 3.61. The number of rotatable bonds is 2. The van der Waals surface area contributed by atoms with Crippen molar-refractivity contribution in [2.45, 2.75) is 18.4 Å². The van der Waals surface area contributed by atoms with E-state index in [1.807, 2.05) is 0 Å². The average Bonchev–Trinajstić information content (AvgIpc) is 3.01. The lowest BCUT2D eigenvalue weighted by molar-refractivity contribution is -0.212.